The van der Waals surface area contributed by atoms with Crippen molar-refractivity contribution in [1.82, 2.24) is 0 Å². The molecule has 0 saturated carbocycles. The van der Waals surface area contributed by atoms with Gasteiger partial charge in [0.05, 0.1) is 0 Å². The van der Waals surface area contributed by atoms with Gasteiger partial charge in [-0.05, 0) is 29.3 Å². The van der Waals surface area contributed by atoms with Crippen LogP contribution in [-0.2, 0) is 0 Å². The molecule has 0 aliphatic heterocycles. The fraction of sp³-hybridized carbons (Fsp3) is 0. The van der Waals surface area contributed by atoms with Crippen LogP contribution in [0.2, 0.25) is 0 Å². The molecule has 0 aromatic heterocycles. The molecule has 0 N–H and O–H groups in total. The molecule has 2 aromatic rings. The van der Waals surface area contributed by atoms with Crippen molar-refractivity contribution in [3.63, 3.8) is 0 Å². The minimum atomic E-state index is 1.10. The van der Waals surface area contributed by atoms with Gasteiger partial charge in [-0.2, -0.15) is 0 Å². The second kappa shape index (κ2) is 4.95. The van der Waals surface area contributed by atoms with E-state index in [0.29, 0.717) is 0 Å². The van der Waals surface area contributed by atoms with Gasteiger partial charge in [-0.15, -0.1) is 0 Å². The third-order valence-corrected chi connectivity index (χ3v) is 3.29. The number of rotatable bonds is 2. The summed E-state index contributed by atoms with van der Waals surface area (Å²) in [5.41, 5.74) is 2.38. The van der Waals surface area contributed by atoms with Gasteiger partial charge in [0.25, 0.3) is 0 Å². The molecule has 0 amide bonds. The number of hydrogen-bond acceptors (Lipinski definition) is 0. The van der Waals surface area contributed by atoms with Gasteiger partial charge in [0, 0.05) is 15.4 Å². The van der Waals surface area contributed by atoms with Crippen molar-refractivity contribution in [2.75, 3.05) is 0 Å². The summed E-state index contributed by atoms with van der Waals surface area (Å²) in [7, 11) is 0. The lowest BCUT2D eigenvalue weighted by Gasteiger charge is -2.04. The summed E-state index contributed by atoms with van der Waals surface area (Å²) in [6.07, 6.45) is 2.15. The molecule has 0 heterocycles. The Hall–Kier alpha value is -0.600. The van der Waals surface area contributed by atoms with Crippen LogP contribution < -0.4 is 0 Å². The molecule has 0 aliphatic rings. The molecule has 2 rings (SSSR count). The van der Waals surface area contributed by atoms with Crippen molar-refractivity contribution >= 4 is 31.9 Å². The number of hydrogen-bond donors (Lipinski definition) is 0. The van der Waals surface area contributed by atoms with E-state index >= 15 is 0 Å². The van der Waals surface area contributed by atoms with E-state index in [1.807, 2.05) is 30.3 Å². The lowest BCUT2D eigenvalue weighted by Crippen LogP contribution is -1.86. The van der Waals surface area contributed by atoms with Gasteiger partial charge in [-0.25, -0.2) is 0 Å². The van der Waals surface area contributed by atoms with E-state index in [9.17, 15) is 0 Å². The maximum Gasteiger partial charge on any atom is 0.0213 e. The molecule has 0 bridgehead atoms. The monoisotopic (exact) mass is 323 g/mol. The Kier molecular flexibility index (Phi) is 3.60. The Morgan fingerprint density at radius 3 is 2.40 bits per heavy atom. The third kappa shape index (κ3) is 2.93. The van der Waals surface area contributed by atoms with Crippen molar-refractivity contribution < 1.29 is 0 Å². The molecular formula is C13H9Br2. The molecule has 2 heteroatoms. The van der Waals surface area contributed by atoms with Crippen LogP contribution in [-0.4, -0.2) is 0 Å². The summed E-state index contributed by atoms with van der Waals surface area (Å²) in [5.74, 6) is 0. The fourth-order valence-corrected chi connectivity index (χ4v) is 2.18. The molecule has 0 saturated heterocycles. The van der Waals surface area contributed by atoms with E-state index < -0.39 is 0 Å². The highest BCUT2D eigenvalue weighted by Gasteiger charge is 2.00. The lowest BCUT2D eigenvalue weighted by atomic mass is 10.1. The molecule has 0 fully saturated rings. The van der Waals surface area contributed by atoms with Crippen LogP contribution in [0.1, 0.15) is 11.1 Å². The predicted octanol–water partition coefficient (Wildman–Crippen LogP) is 4.81. The average molecular weight is 325 g/mol. The van der Waals surface area contributed by atoms with Crippen LogP contribution in [0.4, 0.5) is 0 Å². The fourth-order valence-electron chi connectivity index (χ4n) is 1.37. The summed E-state index contributed by atoms with van der Waals surface area (Å²) in [4.78, 5) is 0. The average Bonchev–Trinajstić information content (AvgIpc) is 2.22. The molecule has 75 valence electrons. The van der Waals surface area contributed by atoms with Crippen LogP contribution in [0.5, 0.6) is 0 Å². The molecule has 2 aromatic carbocycles. The first-order valence-electron chi connectivity index (χ1n) is 4.60. The van der Waals surface area contributed by atoms with E-state index in [2.05, 4.69) is 56.5 Å². The van der Waals surface area contributed by atoms with E-state index in [-0.39, 0.29) is 0 Å². The first-order chi connectivity index (χ1) is 7.25. The van der Waals surface area contributed by atoms with Crippen molar-refractivity contribution in [2.24, 2.45) is 0 Å². The highest BCUT2D eigenvalue weighted by atomic mass is 79.9. The quantitative estimate of drug-likeness (QED) is 0.743. The Morgan fingerprint density at radius 2 is 1.67 bits per heavy atom. The summed E-state index contributed by atoms with van der Waals surface area (Å²) in [6.45, 7) is 0. The van der Waals surface area contributed by atoms with Crippen molar-refractivity contribution in [2.45, 2.75) is 0 Å². The van der Waals surface area contributed by atoms with Crippen molar-refractivity contribution in [1.29, 1.82) is 0 Å². The smallest absolute Gasteiger partial charge is 0.0213 e. The van der Waals surface area contributed by atoms with Crippen molar-refractivity contribution in [3.05, 3.63) is 75.0 Å². The first kappa shape index (κ1) is 10.9. The van der Waals surface area contributed by atoms with E-state index in [4.69, 9.17) is 0 Å². The van der Waals surface area contributed by atoms with Crippen LogP contribution in [0.15, 0.2) is 57.5 Å². The zero-order valence-corrected chi connectivity index (χ0v) is 11.1. The van der Waals surface area contributed by atoms with Gasteiger partial charge in [0.1, 0.15) is 0 Å². The van der Waals surface area contributed by atoms with Gasteiger partial charge in [-0.3, -0.25) is 0 Å². The molecule has 1 radical (unpaired) electrons. The van der Waals surface area contributed by atoms with Crippen LogP contribution >= 0.6 is 31.9 Å². The predicted molar refractivity (Wildman–Crippen MR) is 70.8 cm³/mol. The minimum absolute atomic E-state index is 1.10. The van der Waals surface area contributed by atoms with Crippen molar-refractivity contribution in [3.8, 4) is 0 Å². The zero-order valence-electron chi connectivity index (χ0n) is 7.95. The SMILES string of the molecule is Brc1cccc([CH]c2ccccc2Br)c1. The Labute approximate surface area is 107 Å². The highest BCUT2D eigenvalue weighted by molar-refractivity contribution is 9.10. The molecule has 0 nitrogen and oxygen atoms in total. The second-order valence-electron chi connectivity index (χ2n) is 3.22. The molecule has 0 unspecified atom stereocenters. The van der Waals surface area contributed by atoms with Gasteiger partial charge in [0.15, 0.2) is 0 Å². The summed E-state index contributed by atoms with van der Waals surface area (Å²) in [6, 6.07) is 16.4. The summed E-state index contributed by atoms with van der Waals surface area (Å²) >= 11 is 6.99. The van der Waals surface area contributed by atoms with Crippen LogP contribution in [0.25, 0.3) is 0 Å². The second-order valence-corrected chi connectivity index (χ2v) is 4.99. The molecule has 0 aliphatic carbocycles. The normalized spacial score (nSPS) is 10.3. The van der Waals surface area contributed by atoms with Crippen LogP contribution in [0, 0.1) is 6.42 Å². The lowest BCUT2D eigenvalue weighted by molar-refractivity contribution is 1.40. The first-order valence-corrected chi connectivity index (χ1v) is 6.19. The summed E-state index contributed by atoms with van der Waals surface area (Å²) < 4.78 is 2.22. The third-order valence-electron chi connectivity index (χ3n) is 2.08. The maximum absolute atomic E-state index is 3.53. The molecule has 0 atom stereocenters. The topological polar surface area (TPSA) is 0 Å². The highest BCUT2D eigenvalue weighted by Crippen LogP contribution is 2.22. The Balaban J connectivity index is 2.26. The number of benzene rings is 2. The Morgan fingerprint density at radius 1 is 0.867 bits per heavy atom. The molecular weight excluding hydrogens is 316 g/mol. The molecule has 15 heavy (non-hydrogen) atoms. The largest absolute Gasteiger partial charge is 0.0619 e. The minimum Gasteiger partial charge on any atom is -0.0619 e. The van der Waals surface area contributed by atoms with Gasteiger partial charge in [-0.1, -0.05) is 62.2 Å². The van der Waals surface area contributed by atoms with E-state index in [1.165, 1.54) is 11.1 Å². The Bertz CT molecular complexity index is 464. The van der Waals surface area contributed by atoms with E-state index in [0.717, 1.165) is 8.95 Å². The summed E-state index contributed by atoms with van der Waals surface area (Å²) in [5, 5.41) is 0. The van der Waals surface area contributed by atoms with E-state index in [1.54, 1.807) is 0 Å². The van der Waals surface area contributed by atoms with Gasteiger partial charge in [0.2, 0.25) is 0 Å². The van der Waals surface area contributed by atoms with Gasteiger partial charge < -0.3 is 0 Å². The molecule has 0 spiro atoms. The maximum atomic E-state index is 3.53. The number of halogens is 2. The van der Waals surface area contributed by atoms with Crippen LogP contribution in [0.3, 0.4) is 0 Å². The standard InChI is InChI=1S/C13H9Br2/c14-12-6-3-4-10(9-12)8-11-5-1-2-7-13(11)15/h1-9H. The zero-order chi connectivity index (χ0) is 10.7. The van der Waals surface area contributed by atoms with Gasteiger partial charge >= 0.3 is 0 Å².